The van der Waals surface area contributed by atoms with Gasteiger partial charge in [-0.15, -0.1) is 0 Å². The molecule has 0 aromatic heterocycles. The highest BCUT2D eigenvalue weighted by Gasteiger charge is 2.06. The third kappa shape index (κ3) is 5.82. The van der Waals surface area contributed by atoms with Crippen molar-refractivity contribution in [3.63, 3.8) is 0 Å². The van der Waals surface area contributed by atoms with E-state index in [9.17, 15) is 5.11 Å². The van der Waals surface area contributed by atoms with E-state index in [4.69, 9.17) is 9.47 Å². The van der Waals surface area contributed by atoms with Crippen molar-refractivity contribution in [1.29, 1.82) is 0 Å². The van der Waals surface area contributed by atoms with Crippen LogP contribution in [0.15, 0.2) is 22.7 Å². The minimum absolute atomic E-state index is 0.266. The average molecular weight is 318 g/mol. The summed E-state index contributed by atoms with van der Waals surface area (Å²) in [5.74, 6) is 0.747. The van der Waals surface area contributed by atoms with Crippen LogP contribution in [0.2, 0.25) is 0 Å². The standard InChI is InChI=1S/C13H20BrNO3/c1-10-3-4-13(12(14)7-10)18-9-11(16)8-15-5-6-17-2/h3-4,7,11,15-16H,5-6,8-9H2,1-2H3/t11-/m1/s1. The molecule has 0 unspecified atom stereocenters. The Kier molecular flexibility index (Phi) is 7.27. The summed E-state index contributed by atoms with van der Waals surface area (Å²) in [6, 6.07) is 5.85. The number of aliphatic hydroxyl groups excluding tert-OH is 1. The zero-order chi connectivity index (χ0) is 13.4. The van der Waals surface area contributed by atoms with Crippen molar-refractivity contribution in [3.05, 3.63) is 28.2 Å². The highest BCUT2D eigenvalue weighted by atomic mass is 79.9. The number of aryl methyl sites for hydroxylation is 1. The van der Waals surface area contributed by atoms with Crippen LogP contribution in [-0.4, -0.2) is 44.6 Å². The lowest BCUT2D eigenvalue weighted by Gasteiger charge is -2.14. The Morgan fingerprint density at radius 2 is 2.22 bits per heavy atom. The van der Waals surface area contributed by atoms with Crippen molar-refractivity contribution in [1.82, 2.24) is 5.32 Å². The molecule has 4 nitrogen and oxygen atoms in total. The number of hydrogen-bond acceptors (Lipinski definition) is 4. The van der Waals surface area contributed by atoms with Crippen molar-refractivity contribution < 1.29 is 14.6 Å². The summed E-state index contributed by atoms with van der Waals surface area (Å²) in [5, 5.41) is 12.8. The molecule has 0 bridgehead atoms. The van der Waals surface area contributed by atoms with E-state index in [1.165, 1.54) is 0 Å². The fourth-order valence-electron chi connectivity index (χ4n) is 1.41. The number of rotatable bonds is 8. The second-order valence-electron chi connectivity index (χ2n) is 4.10. The first-order chi connectivity index (χ1) is 8.63. The lowest BCUT2D eigenvalue weighted by Crippen LogP contribution is -2.33. The number of methoxy groups -OCH3 is 1. The van der Waals surface area contributed by atoms with E-state index in [-0.39, 0.29) is 6.61 Å². The van der Waals surface area contributed by atoms with E-state index in [2.05, 4.69) is 21.2 Å². The Hall–Kier alpha value is -0.620. The highest BCUT2D eigenvalue weighted by molar-refractivity contribution is 9.10. The van der Waals surface area contributed by atoms with Gasteiger partial charge in [-0.3, -0.25) is 0 Å². The molecule has 1 aromatic rings. The van der Waals surface area contributed by atoms with E-state index >= 15 is 0 Å². The van der Waals surface area contributed by atoms with Gasteiger partial charge in [0, 0.05) is 20.2 Å². The van der Waals surface area contributed by atoms with Crippen LogP contribution in [0, 0.1) is 6.92 Å². The third-order valence-corrected chi connectivity index (χ3v) is 3.00. The zero-order valence-electron chi connectivity index (χ0n) is 10.8. The first-order valence-electron chi connectivity index (χ1n) is 5.90. The molecular weight excluding hydrogens is 298 g/mol. The molecule has 0 aliphatic heterocycles. The summed E-state index contributed by atoms with van der Waals surface area (Å²) < 4.78 is 11.3. The molecule has 0 amide bonds. The molecule has 0 spiro atoms. The Bertz CT molecular complexity index is 360. The maximum absolute atomic E-state index is 9.71. The summed E-state index contributed by atoms with van der Waals surface area (Å²) in [7, 11) is 1.65. The SMILES string of the molecule is COCCNC[C@@H](O)COc1ccc(C)cc1Br. The van der Waals surface area contributed by atoms with E-state index < -0.39 is 6.10 Å². The largest absolute Gasteiger partial charge is 0.490 e. The lowest BCUT2D eigenvalue weighted by molar-refractivity contribution is 0.103. The molecule has 0 aliphatic rings. The molecule has 0 aliphatic carbocycles. The van der Waals surface area contributed by atoms with Crippen molar-refractivity contribution in [3.8, 4) is 5.75 Å². The predicted octanol–water partition coefficient (Wildman–Crippen LogP) is 1.73. The fourth-order valence-corrected chi connectivity index (χ4v) is 2.02. The van der Waals surface area contributed by atoms with Gasteiger partial charge in [-0.1, -0.05) is 6.07 Å². The van der Waals surface area contributed by atoms with Gasteiger partial charge in [0.2, 0.25) is 0 Å². The zero-order valence-corrected chi connectivity index (χ0v) is 12.4. The first kappa shape index (κ1) is 15.4. The van der Waals surface area contributed by atoms with Crippen molar-refractivity contribution in [2.75, 3.05) is 33.4 Å². The second-order valence-corrected chi connectivity index (χ2v) is 4.95. The topological polar surface area (TPSA) is 50.7 Å². The van der Waals surface area contributed by atoms with Crippen molar-refractivity contribution in [2.45, 2.75) is 13.0 Å². The van der Waals surface area contributed by atoms with Crippen LogP contribution in [0.3, 0.4) is 0 Å². The molecule has 5 heteroatoms. The fraction of sp³-hybridized carbons (Fsp3) is 0.538. The first-order valence-corrected chi connectivity index (χ1v) is 6.69. The third-order valence-electron chi connectivity index (χ3n) is 2.38. The van der Waals surface area contributed by atoms with Gasteiger partial charge in [0.1, 0.15) is 18.5 Å². The van der Waals surface area contributed by atoms with E-state index in [0.29, 0.717) is 13.2 Å². The summed E-state index contributed by atoms with van der Waals surface area (Å²) in [5.41, 5.74) is 1.16. The molecule has 1 aromatic carbocycles. The number of halogens is 1. The summed E-state index contributed by atoms with van der Waals surface area (Å²) in [4.78, 5) is 0. The van der Waals surface area contributed by atoms with Gasteiger partial charge in [-0.2, -0.15) is 0 Å². The maximum atomic E-state index is 9.71. The molecule has 2 N–H and O–H groups in total. The van der Waals surface area contributed by atoms with Gasteiger partial charge in [0.05, 0.1) is 11.1 Å². The molecule has 18 heavy (non-hydrogen) atoms. The van der Waals surface area contributed by atoms with Crippen molar-refractivity contribution in [2.24, 2.45) is 0 Å². The summed E-state index contributed by atoms with van der Waals surface area (Å²) in [6.45, 7) is 4.14. The smallest absolute Gasteiger partial charge is 0.133 e. The van der Waals surface area contributed by atoms with Gasteiger partial charge in [0.25, 0.3) is 0 Å². The number of hydrogen-bond donors (Lipinski definition) is 2. The maximum Gasteiger partial charge on any atom is 0.133 e. The number of ether oxygens (including phenoxy) is 2. The number of benzene rings is 1. The van der Waals surface area contributed by atoms with Gasteiger partial charge in [-0.25, -0.2) is 0 Å². The van der Waals surface area contributed by atoms with Crippen LogP contribution < -0.4 is 10.1 Å². The normalized spacial score (nSPS) is 12.4. The van der Waals surface area contributed by atoms with Crippen LogP contribution in [-0.2, 0) is 4.74 Å². The lowest BCUT2D eigenvalue weighted by atomic mass is 10.2. The van der Waals surface area contributed by atoms with E-state index in [0.717, 1.165) is 22.3 Å². The Labute approximate surface area is 116 Å². The van der Waals surface area contributed by atoms with Crippen molar-refractivity contribution >= 4 is 15.9 Å². The Morgan fingerprint density at radius 1 is 1.44 bits per heavy atom. The molecule has 0 saturated heterocycles. The van der Waals surface area contributed by atoms with E-state index in [1.54, 1.807) is 7.11 Å². The average Bonchev–Trinajstić information content (AvgIpc) is 2.33. The molecule has 1 atom stereocenters. The number of nitrogens with one attached hydrogen (secondary N) is 1. The molecule has 102 valence electrons. The second kappa shape index (κ2) is 8.48. The van der Waals surface area contributed by atoms with Crippen LogP contribution in [0.5, 0.6) is 5.75 Å². The Balaban J connectivity index is 2.27. The van der Waals surface area contributed by atoms with Gasteiger partial charge in [-0.05, 0) is 40.5 Å². The predicted molar refractivity (Wildman–Crippen MR) is 75.1 cm³/mol. The van der Waals surface area contributed by atoms with E-state index in [1.807, 2.05) is 25.1 Å². The number of aliphatic hydroxyl groups is 1. The molecule has 0 fully saturated rings. The molecule has 0 heterocycles. The molecule has 0 saturated carbocycles. The van der Waals surface area contributed by atoms with Gasteiger partial charge >= 0.3 is 0 Å². The minimum Gasteiger partial charge on any atom is -0.490 e. The molecule has 1 rings (SSSR count). The van der Waals surface area contributed by atoms with Crippen LogP contribution >= 0.6 is 15.9 Å². The quantitative estimate of drug-likeness (QED) is 0.717. The monoisotopic (exact) mass is 317 g/mol. The van der Waals surface area contributed by atoms with Crippen LogP contribution in [0.4, 0.5) is 0 Å². The highest BCUT2D eigenvalue weighted by Crippen LogP contribution is 2.25. The molecular formula is C13H20BrNO3. The molecule has 0 radical (unpaired) electrons. The van der Waals surface area contributed by atoms with Crippen LogP contribution in [0.25, 0.3) is 0 Å². The summed E-state index contributed by atoms with van der Waals surface area (Å²) >= 11 is 3.43. The Morgan fingerprint density at radius 3 is 2.89 bits per heavy atom. The minimum atomic E-state index is -0.532. The summed E-state index contributed by atoms with van der Waals surface area (Å²) in [6.07, 6.45) is -0.532. The van der Waals surface area contributed by atoms with Gasteiger partial charge < -0.3 is 19.9 Å². The van der Waals surface area contributed by atoms with Crippen LogP contribution in [0.1, 0.15) is 5.56 Å². The van der Waals surface area contributed by atoms with Gasteiger partial charge in [0.15, 0.2) is 0 Å².